The number of aromatic amines is 3. The molecular weight excluding hydrogens is 574 g/mol. The fourth-order valence-corrected chi connectivity index (χ4v) is 7.65. The second-order valence-corrected chi connectivity index (χ2v) is 13.0. The first-order valence-corrected chi connectivity index (χ1v) is 16.2. The number of hydrogen-bond acceptors (Lipinski definition) is 2. The van der Waals surface area contributed by atoms with Gasteiger partial charge in [-0.15, -0.1) is 0 Å². The number of hydrogen-bond donors (Lipinski definition) is 3. The van der Waals surface area contributed by atoms with Gasteiger partial charge in [-0.1, -0.05) is 35.4 Å². The standard InChI is InChI=1S/C42H37N5/c1-23-19-25(3)38(26(4)20-23)41-34-9-7-30(44-34)31-8-10-35(45-31)42(39-27(5)21-24(2)22-28(39)6)37-14-12-33(47-37)40(29-15-17-43-18-16-29)32-11-13-36(41)46-32/h7-22,44-46H,1-6H3. The summed E-state index contributed by atoms with van der Waals surface area (Å²) in [6.07, 6.45) is 8.00. The van der Waals surface area contributed by atoms with E-state index in [0.29, 0.717) is 0 Å². The van der Waals surface area contributed by atoms with Crippen LogP contribution < -0.4 is 0 Å². The molecule has 0 spiro atoms. The van der Waals surface area contributed by atoms with Crippen molar-refractivity contribution in [1.82, 2.24) is 24.9 Å². The molecule has 47 heavy (non-hydrogen) atoms. The maximum absolute atomic E-state index is 5.39. The molecule has 0 fully saturated rings. The van der Waals surface area contributed by atoms with Gasteiger partial charge < -0.3 is 15.0 Å². The summed E-state index contributed by atoms with van der Waals surface area (Å²) in [5, 5.41) is 0. The van der Waals surface area contributed by atoms with Gasteiger partial charge in [0.2, 0.25) is 0 Å². The van der Waals surface area contributed by atoms with E-state index in [-0.39, 0.29) is 0 Å². The first-order valence-electron chi connectivity index (χ1n) is 16.2. The predicted octanol–water partition coefficient (Wildman–Crippen LogP) is 10.9. The summed E-state index contributed by atoms with van der Waals surface area (Å²) in [5.74, 6) is 0. The van der Waals surface area contributed by atoms with Gasteiger partial charge in [0, 0.05) is 51.2 Å². The van der Waals surface area contributed by atoms with Crippen molar-refractivity contribution < 1.29 is 0 Å². The third-order valence-corrected chi connectivity index (χ3v) is 9.40. The van der Waals surface area contributed by atoms with E-state index in [0.717, 1.165) is 66.7 Å². The van der Waals surface area contributed by atoms with E-state index < -0.39 is 0 Å². The molecule has 5 aromatic heterocycles. The number of aryl methyl sites for hydroxylation is 6. The zero-order valence-corrected chi connectivity index (χ0v) is 27.6. The van der Waals surface area contributed by atoms with Crippen molar-refractivity contribution in [3.05, 3.63) is 130 Å². The van der Waals surface area contributed by atoms with Crippen LogP contribution in [0.4, 0.5) is 0 Å². The molecule has 5 nitrogen and oxygen atoms in total. The average molecular weight is 612 g/mol. The molecule has 6 heterocycles. The maximum Gasteiger partial charge on any atom is 0.0737 e. The van der Waals surface area contributed by atoms with Crippen LogP contribution in [0.5, 0.6) is 0 Å². The minimum absolute atomic E-state index is 0.909. The van der Waals surface area contributed by atoms with E-state index >= 15 is 0 Å². The second kappa shape index (κ2) is 11.0. The molecule has 3 N–H and O–H groups in total. The van der Waals surface area contributed by atoms with E-state index in [1.807, 2.05) is 12.4 Å². The highest BCUT2D eigenvalue weighted by Gasteiger charge is 2.19. The average Bonchev–Trinajstić information content (AvgIpc) is 3.85. The molecule has 1 aliphatic rings. The van der Waals surface area contributed by atoms with Crippen LogP contribution in [-0.4, -0.2) is 24.9 Å². The molecule has 0 saturated heterocycles. The number of nitrogens with zero attached hydrogens (tertiary/aromatic N) is 2. The van der Waals surface area contributed by atoms with Crippen LogP contribution in [0.2, 0.25) is 0 Å². The predicted molar refractivity (Wildman–Crippen MR) is 198 cm³/mol. The van der Waals surface area contributed by atoms with Crippen molar-refractivity contribution in [2.75, 3.05) is 0 Å². The number of fused-ring (bicyclic) bond motifs is 9. The first kappa shape index (κ1) is 28.8. The van der Waals surface area contributed by atoms with Crippen LogP contribution in [0.25, 0.3) is 78.6 Å². The molecule has 1 aliphatic heterocycles. The van der Waals surface area contributed by atoms with E-state index in [9.17, 15) is 0 Å². The van der Waals surface area contributed by atoms with Crippen molar-refractivity contribution >= 4 is 45.3 Å². The lowest BCUT2D eigenvalue weighted by Crippen LogP contribution is -1.94. The Hall–Kier alpha value is -5.68. The van der Waals surface area contributed by atoms with Gasteiger partial charge in [0.25, 0.3) is 0 Å². The minimum Gasteiger partial charge on any atom is -0.354 e. The maximum atomic E-state index is 5.39. The third kappa shape index (κ3) is 4.86. The van der Waals surface area contributed by atoms with Crippen LogP contribution in [0.3, 0.4) is 0 Å². The van der Waals surface area contributed by atoms with Crippen LogP contribution >= 0.6 is 0 Å². The lowest BCUT2D eigenvalue weighted by molar-refractivity contribution is 1.28. The van der Waals surface area contributed by atoms with Crippen molar-refractivity contribution in [3.63, 3.8) is 0 Å². The molecule has 8 bridgehead atoms. The largest absolute Gasteiger partial charge is 0.354 e. The van der Waals surface area contributed by atoms with Gasteiger partial charge in [-0.2, -0.15) is 0 Å². The number of nitrogens with one attached hydrogen (secondary N) is 3. The molecule has 2 aromatic carbocycles. The SMILES string of the molecule is Cc1cc(C)c(-c2c3nc(c(-c4ccncc4)c4ccc([nH]4)c(-c4c(C)cc(C)cc4C)c4ccc([nH]4)c4ccc2[nH]4)C=C3)c(C)c1. The van der Waals surface area contributed by atoms with Gasteiger partial charge in [0.1, 0.15) is 0 Å². The summed E-state index contributed by atoms with van der Waals surface area (Å²) in [6, 6.07) is 26.3. The van der Waals surface area contributed by atoms with Crippen molar-refractivity contribution in [3.8, 4) is 33.4 Å². The quantitative estimate of drug-likeness (QED) is 0.186. The minimum atomic E-state index is 0.909. The van der Waals surface area contributed by atoms with E-state index in [4.69, 9.17) is 4.98 Å². The smallest absolute Gasteiger partial charge is 0.0737 e. The summed E-state index contributed by atoms with van der Waals surface area (Å²) in [7, 11) is 0. The van der Waals surface area contributed by atoms with E-state index in [1.54, 1.807) is 0 Å². The normalized spacial score (nSPS) is 12.0. The monoisotopic (exact) mass is 611 g/mol. The molecule has 0 atom stereocenters. The number of H-pyrrole nitrogens is 3. The van der Waals surface area contributed by atoms with Crippen molar-refractivity contribution in [2.24, 2.45) is 0 Å². The van der Waals surface area contributed by atoms with Crippen LogP contribution in [0.1, 0.15) is 44.8 Å². The fourth-order valence-electron chi connectivity index (χ4n) is 7.65. The Morgan fingerprint density at radius 1 is 0.404 bits per heavy atom. The van der Waals surface area contributed by atoms with E-state index in [1.165, 1.54) is 44.5 Å². The topological polar surface area (TPSA) is 73.2 Å². The Morgan fingerprint density at radius 3 is 1.30 bits per heavy atom. The number of aromatic nitrogens is 5. The number of pyridine rings is 1. The van der Waals surface area contributed by atoms with Crippen molar-refractivity contribution in [2.45, 2.75) is 41.5 Å². The molecule has 7 aromatic rings. The fraction of sp³-hybridized carbons (Fsp3) is 0.143. The second-order valence-electron chi connectivity index (χ2n) is 13.0. The summed E-state index contributed by atoms with van der Waals surface area (Å²) >= 11 is 0. The molecule has 0 aliphatic carbocycles. The molecule has 230 valence electrons. The highest BCUT2D eigenvalue weighted by atomic mass is 14.8. The molecule has 5 heteroatoms. The van der Waals surface area contributed by atoms with Gasteiger partial charge in [-0.25, -0.2) is 4.98 Å². The first-order chi connectivity index (χ1) is 22.7. The Morgan fingerprint density at radius 2 is 0.787 bits per heavy atom. The van der Waals surface area contributed by atoms with Crippen LogP contribution in [0.15, 0.2) is 85.2 Å². The molecule has 8 rings (SSSR count). The van der Waals surface area contributed by atoms with Gasteiger partial charge in [0.05, 0.1) is 22.4 Å². The van der Waals surface area contributed by atoms with Gasteiger partial charge in [-0.3, -0.25) is 4.98 Å². The zero-order valence-electron chi connectivity index (χ0n) is 27.6. The summed E-state index contributed by atoms with van der Waals surface area (Å²) in [4.78, 5) is 21.1. The Bertz CT molecular complexity index is 2470. The Kier molecular flexibility index (Phi) is 6.73. The lowest BCUT2D eigenvalue weighted by atomic mass is 9.92. The molecule has 0 unspecified atom stereocenters. The highest BCUT2D eigenvalue weighted by Crippen LogP contribution is 2.39. The van der Waals surface area contributed by atoms with Crippen molar-refractivity contribution in [1.29, 1.82) is 0 Å². The summed E-state index contributed by atoms with van der Waals surface area (Å²) < 4.78 is 0. The molecular formula is C42H37N5. The van der Waals surface area contributed by atoms with Gasteiger partial charge >= 0.3 is 0 Å². The van der Waals surface area contributed by atoms with Gasteiger partial charge in [0.15, 0.2) is 0 Å². The number of benzene rings is 2. The lowest BCUT2D eigenvalue weighted by Gasteiger charge is -2.13. The van der Waals surface area contributed by atoms with Gasteiger partial charge in [-0.05, 0) is 141 Å². The van der Waals surface area contributed by atoms with Crippen LogP contribution in [-0.2, 0) is 0 Å². The summed E-state index contributed by atoms with van der Waals surface area (Å²) in [6.45, 7) is 13.1. The molecule has 0 amide bonds. The zero-order chi connectivity index (χ0) is 32.4. The third-order valence-electron chi connectivity index (χ3n) is 9.40. The Labute approximate surface area is 274 Å². The molecule has 0 saturated carbocycles. The highest BCUT2D eigenvalue weighted by molar-refractivity contribution is 6.01. The molecule has 0 radical (unpaired) electrons. The number of rotatable bonds is 3. The Balaban J connectivity index is 1.59. The van der Waals surface area contributed by atoms with Crippen LogP contribution in [0, 0.1) is 41.5 Å². The van der Waals surface area contributed by atoms with E-state index in [2.05, 4.69) is 146 Å². The summed E-state index contributed by atoms with van der Waals surface area (Å²) in [5.41, 5.74) is 22.3.